The first-order valence-electron chi connectivity index (χ1n) is 5.73. The summed E-state index contributed by atoms with van der Waals surface area (Å²) in [5.41, 5.74) is 5.67. The van der Waals surface area contributed by atoms with Crippen LogP contribution in [0.5, 0.6) is 0 Å². The molecule has 1 unspecified atom stereocenters. The van der Waals surface area contributed by atoms with Crippen molar-refractivity contribution >= 4 is 33.5 Å². The number of aromatic carboxylic acids is 1. The van der Waals surface area contributed by atoms with Gasteiger partial charge in [-0.1, -0.05) is 26.8 Å². The van der Waals surface area contributed by atoms with Gasteiger partial charge in [0.05, 0.1) is 17.3 Å². The fourth-order valence-electron chi connectivity index (χ4n) is 1.42. The van der Waals surface area contributed by atoms with Gasteiger partial charge in [-0.05, 0) is 33.5 Å². The highest BCUT2D eigenvalue weighted by atomic mass is 79.9. The standard InChI is InChI=1S/C13H17BrN2O3/c1-13(2,3)10(15)11(17)16-9-7(12(18)19)5-4-6-8(9)14/h4-6,10H,15H2,1-3H3,(H,16,17)(H,18,19). The maximum Gasteiger partial charge on any atom is 0.337 e. The minimum atomic E-state index is -1.11. The number of carboxylic acids is 1. The molecular formula is C13H17BrN2O3. The van der Waals surface area contributed by atoms with Crippen molar-refractivity contribution in [3.8, 4) is 0 Å². The van der Waals surface area contributed by atoms with Crippen molar-refractivity contribution in [1.29, 1.82) is 0 Å². The molecule has 1 aromatic rings. The molecule has 0 spiro atoms. The molecule has 1 aromatic carbocycles. The van der Waals surface area contributed by atoms with E-state index in [1.54, 1.807) is 12.1 Å². The van der Waals surface area contributed by atoms with E-state index in [9.17, 15) is 9.59 Å². The van der Waals surface area contributed by atoms with Gasteiger partial charge in [-0.3, -0.25) is 4.79 Å². The van der Waals surface area contributed by atoms with Crippen molar-refractivity contribution in [3.63, 3.8) is 0 Å². The summed E-state index contributed by atoms with van der Waals surface area (Å²) in [6, 6.07) is 3.93. The number of carbonyl (C=O) groups is 2. The van der Waals surface area contributed by atoms with Gasteiger partial charge in [0.2, 0.25) is 5.91 Å². The second-order valence-corrected chi connectivity index (χ2v) is 6.15. The van der Waals surface area contributed by atoms with Gasteiger partial charge in [-0.15, -0.1) is 0 Å². The Balaban J connectivity index is 3.07. The highest BCUT2D eigenvalue weighted by molar-refractivity contribution is 9.10. The topological polar surface area (TPSA) is 92.4 Å². The highest BCUT2D eigenvalue weighted by Crippen LogP contribution is 2.27. The Bertz CT molecular complexity index is 509. The monoisotopic (exact) mass is 328 g/mol. The van der Waals surface area contributed by atoms with Crippen molar-refractivity contribution in [2.75, 3.05) is 5.32 Å². The molecular weight excluding hydrogens is 312 g/mol. The van der Waals surface area contributed by atoms with E-state index in [0.717, 1.165) is 0 Å². The summed E-state index contributed by atoms with van der Waals surface area (Å²) in [5.74, 6) is -1.53. The van der Waals surface area contributed by atoms with Crippen LogP contribution in [0, 0.1) is 5.41 Å². The molecule has 6 heteroatoms. The van der Waals surface area contributed by atoms with E-state index in [4.69, 9.17) is 10.8 Å². The van der Waals surface area contributed by atoms with E-state index in [0.29, 0.717) is 4.47 Å². The number of nitrogens with one attached hydrogen (secondary N) is 1. The molecule has 0 saturated heterocycles. The van der Waals surface area contributed by atoms with Gasteiger partial charge in [0.15, 0.2) is 0 Å². The normalized spacial score (nSPS) is 12.9. The lowest BCUT2D eigenvalue weighted by Gasteiger charge is -2.26. The van der Waals surface area contributed by atoms with E-state index in [2.05, 4.69) is 21.2 Å². The second-order valence-electron chi connectivity index (χ2n) is 5.30. The smallest absolute Gasteiger partial charge is 0.337 e. The minimum Gasteiger partial charge on any atom is -0.478 e. The zero-order chi connectivity index (χ0) is 14.8. The maximum atomic E-state index is 12.0. The SMILES string of the molecule is CC(C)(C)C(N)C(=O)Nc1c(Br)cccc1C(=O)O. The van der Waals surface area contributed by atoms with Crippen molar-refractivity contribution in [3.05, 3.63) is 28.2 Å². The average Bonchev–Trinajstić information content (AvgIpc) is 2.29. The quantitative estimate of drug-likeness (QED) is 0.794. The van der Waals surface area contributed by atoms with Crippen LogP contribution < -0.4 is 11.1 Å². The molecule has 1 amide bonds. The number of rotatable bonds is 3. The first kappa shape index (κ1) is 15.7. The van der Waals surface area contributed by atoms with Crippen LogP contribution >= 0.6 is 15.9 Å². The molecule has 19 heavy (non-hydrogen) atoms. The van der Waals surface area contributed by atoms with Gasteiger partial charge in [0.1, 0.15) is 0 Å². The predicted molar refractivity (Wildman–Crippen MR) is 77.2 cm³/mol. The lowest BCUT2D eigenvalue weighted by Crippen LogP contribution is -2.45. The molecule has 5 nitrogen and oxygen atoms in total. The van der Waals surface area contributed by atoms with Crippen molar-refractivity contribution in [1.82, 2.24) is 0 Å². The number of anilines is 1. The Labute approximate surface area is 120 Å². The largest absolute Gasteiger partial charge is 0.478 e. The number of nitrogens with two attached hydrogens (primary N) is 1. The number of carboxylic acid groups (broad SMARTS) is 1. The first-order chi connectivity index (χ1) is 8.64. The van der Waals surface area contributed by atoms with Crippen LogP contribution in [-0.4, -0.2) is 23.0 Å². The molecule has 1 atom stereocenters. The van der Waals surface area contributed by atoms with Gasteiger partial charge >= 0.3 is 5.97 Å². The van der Waals surface area contributed by atoms with E-state index >= 15 is 0 Å². The molecule has 0 radical (unpaired) electrons. The van der Waals surface area contributed by atoms with Crippen LogP contribution in [-0.2, 0) is 4.79 Å². The Kier molecular flexibility index (Phi) is 4.70. The molecule has 0 aliphatic carbocycles. The third-order valence-electron chi connectivity index (χ3n) is 2.71. The third-order valence-corrected chi connectivity index (χ3v) is 3.37. The van der Waals surface area contributed by atoms with Crippen LogP contribution in [0.1, 0.15) is 31.1 Å². The molecule has 0 fully saturated rings. The molecule has 0 bridgehead atoms. The van der Waals surface area contributed by atoms with Crippen molar-refractivity contribution in [2.45, 2.75) is 26.8 Å². The minimum absolute atomic E-state index is 0.0174. The summed E-state index contributed by atoms with van der Waals surface area (Å²) in [7, 11) is 0. The molecule has 104 valence electrons. The summed E-state index contributed by atoms with van der Waals surface area (Å²) < 4.78 is 0.502. The number of benzene rings is 1. The summed E-state index contributed by atoms with van der Waals surface area (Å²) in [6.07, 6.45) is 0. The second kappa shape index (κ2) is 5.71. The van der Waals surface area contributed by atoms with Crippen molar-refractivity contribution in [2.24, 2.45) is 11.1 Å². The zero-order valence-electron chi connectivity index (χ0n) is 11.0. The number of hydrogen-bond acceptors (Lipinski definition) is 3. The summed E-state index contributed by atoms with van der Waals surface area (Å²) >= 11 is 3.22. The van der Waals surface area contributed by atoms with Crippen LogP contribution in [0.25, 0.3) is 0 Å². The summed E-state index contributed by atoms with van der Waals surface area (Å²) in [4.78, 5) is 23.2. The van der Waals surface area contributed by atoms with E-state index < -0.39 is 23.3 Å². The Morgan fingerprint density at radius 2 is 1.95 bits per heavy atom. The molecule has 4 N–H and O–H groups in total. The zero-order valence-corrected chi connectivity index (χ0v) is 12.6. The predicted octanol–water partition coefficient (Wildman–Crippen LogP) is 2.46. The number of halogens is 1. The van der Waals surface area contributed by atoms with Crippen LogP contribution in [0.2, 0.25) is 0 Å². The average molecular weight is 329 g/mol. The van der Waals surface area contributed by atoms with Crippen LogP contribution in [0.4, 0.5) is 5.69 Å². The summed E-state index contributed by atoms with van der Waals surface area (Å²) in [6.45, 7) is 5.53. The van der Waals surface area contributed by atoms with Crippen molar-refractivity contribution < 1.29 is 14.7 Å². The van der Waals surface area contributed by atoms with Gasteiger partial charge in [0, 0.05) is 4.47 Å². The number of hydrogen-bond donors (Lipinski definition) is 3. The Hall–Kier alpha value is -1.40. The third kappa shape index (κ3) is 3.78. The number of amides is 1. The Morgan fingerprint density at radius 1 is 1.37 bits per heavy atom. The Morgan fingerprint density at radius 3 is 2.42 bits per heavy atom. The van der Waals surface area contributed by atoms with E-state index in [1.165, 1.54) is 6.07 Å². The van der Waals surface area contributed by atoms with Gasteiger partial charge in [0.25, 0.3) is 0 Å². The molecule has 0 aliphatic rings. The first-order valence-corrected chi connectivity index (χ1v) is 6.52. The fourth-order valence-corrected chi connectivity index (χ4v) is 1.89. The maximum absolute atomic E-state index is 12.0. The fraction of sp³-hybridized carbons (Fsp3) is 0.385. The lowest BCUT2D eigenvalue weighted by atomic mass is 9.87. The summed E-state index contributed by atoms with van der Waals surface area (Å²) in [5, 5.41) is 11.7. The lowest BCUT2D eigenvalue weighted by molar-refractivity contribution is -0.119. The van der Waals surface area contributed by atoms with Gasteiger partial charge in [-0.25, -0.2) is 4.79 Å². The number of carbonyl (C=O) groups excluding carboxylic acids is 1. The molecule has 0 heterocycles. The molecule has 0 aromatic heterocycles. The molecule has 1 rings (SSSR count). The van der Waals surface area contributed by atoms with Gasteiger partial charge < -0.3 is 16.2 Å². The highest BCUT2D eigenvalue weighted by Gasteiger charge is 2.28. The molecule has 0 aliphatic heterocycles. The number of para-hydroxylation sites is 1. The van der Waals surface area contributed by atoms with Crippen LogP contribution in [0.3, 0.4) is 0 Å². The van der Waals surface area contributed by atoms with Gasteiger partial charge in [-0.2, -0.15) is 0 Å². The molecule has 0 saturated carbocycles. The van der Waals surface area contributed by atoms with Crippen LogP contribution in [0.15, 0.2) is 22.7 Å². The van der Waals surface area contributed by atoms with E-state index in [-0.39, 0.29) is 11.3 Å². The van der Waals surface area contributed by atoms with E-state index in [1.807, 2.05) is 20.8 Å².